The normalized spacial score (nSPS) is 11.9. The second kappa shape index (κ2) is 11.2. The molecule has 0 aliphatic heterocycles. The molecule has 0 bridgehead atoms. The Labute approximate surface area is 318 Å². The summed E-state index contributed by atoms with van der Waals surface area (Å²) in [4.78, 5) is 4.18. The minimum atomic E-state index is 0.494. The first-order chi connectivity index (χ1) is 27.7. The summed E-state index contributed by atoms with van der Waals surface area (Å²) in [5.74, 6) is 0. The Morgan fingerprint density at radius 1 is 0.446 bits per heavy atom. The topological polar surface area (TPSA) is 64.3 Å². The smallest absolute Gasteiger partial charge is 0.211 e. The minimum Gasteiger partial charge on any atom is -0.456 e. The maximum absolute atomic E-state index is 11.0. The Morgan fingerprint density at radius 2 is 0.929 bits per heavy atom. The van der Waals surface area contributed by atoms with Crippen molar-refractivity contribution in [3.05, 3.63) is 175 Å². The number of benzene rings is 8. The molecular formula is C50H26N4O2. The number of hydrogen-bond donors (Lipinski definition) is 0. The molecule has 0 unspecified atom stereocenters. The number of fused-ring (bicyclic) bond motifs is 14. The lowest BCUT2D eigenvalue weighted by molar-refractivity contribution is 0.669. The highest BCUT2D eigenvalue weighted by molar-refractivity contribution is 6.26. The van der Waals surface area contributed by atoms with E-state index in [4.69, 9.17) is 15.4 Å². The predicted molar refractivity (Wildman–Crippen MR) is 226 cm³/mol. The van der Waals surface area contributed by atoms with Crippen molar-refractivity contribution in [3.63, 3.8) is 0 Å². The quantitative estimate of drug-likeness (QED) is 0.171. The fourth-order valence-electron chi connectivity index (χ4n) is 9.16. The number of para-hydroxylation sites is 6. The van der Waals surface area contributed by atoms with E-state index in [-0.39, 0.29) is 0 Å². The zero-order valence-corrected chi connectivity index (χ0v) is 29.6. The molecule has 0 N–H and O–H groups in total. The van der Waals surface area contributed by atoms with Gasteiger partial charge in [-0.2, -0.15) is 5.26 Å². The Bertz CT molecular complexity index is 3500. The van der Waals surface area contributed by atoms with Gasteiger partial charge in [-0.25, -0.2) is 4.85 Å². The standard InChI is InChI=1S/C50H26N4O2/c1-52-38-19-11-18-33(48(38)54-40-21-7-3-14-31(40)35-25-27-44-46(50(35)54)37-16-5-9-23-42(37)56-44)32-17-10-12-29(28-51)47(32)53-39-20-6-2-13-30(39)34-24-26-43-45(49(34)53)36-15-4-8-22-41(36)55-43/h2-27H. The fraction of sp³-hybridized carbons (Fsp3) is 0. The number of rotatable bonds is 3. The second-order valence-electron chi connectivity index (χ2n) is 14.2. The first-order valence-corrected chi connectivity index (χ1v) is 18.4. The summed E-state index contributed by atoms with van der Waals surface area (Å²) in [6.07, 6.45) is 0. The van der Waals surface area contributed by atoms with E-state index in [1.54, 1.807) is 0 Å². The average molecular weight is 715 g/mol. The lowest BCUT2D eigenvalue weighted by Gasteiger charge is -2.21. The molecule has 0 saturated carbocycles. The molecule has 8 aromatic carbocycles. The van der Waals surface area contributed by atoms with E-state index in [1.807, 2.05) is 84.9 Å². The summed E-state index contributed by atoms with van der Waals surface area (Å²) >= 11 is 0. The van der Waals surface area contributed by atoms with Crippen molar-refractivity contribution in [1.82, 2.24) is 9.13 Å². The summed E-state index contributed by atoms with van der Waals surface area (Å²) in [6.45, 7) is 8.59. The summed E-state index contributed by atoms with van der Waals surface area (Å²) in [7, 11) is 0. The number of nitrogens with zero attached hydrogens (tertiary/aromatic N) is 4. The van der Waals surface area contributed by atoms with E-state index in [2.05, 4.69) is 92.8 Å². The number of furan rings is 2. The van der Waals surface area contributed by atoms with Crippen molar-refractivity contribution in [2.75, 3.05) is 0 Å². The second-order valence-corrected chi connectivity index (χ2v) is 14.2. The molecule has 0 atom stereocenters. The van der Waals surface area contributed by atoms with Crippen LogP contribution in [0.15, 0.2) is 167 Å². The Balaban J connectivity index is 1.28. The molecule has 4 aromatic heterocycles. The number of hydrogen-bond acceptors (Lipinski definition) is 3. The Hall–Kier alpha value is -8.06. The van der Waals surface area contributed by atoms with Gasteiger partial charge in [0, 0.05) is 37.9 Å². The van der Waals surface area contributed by atoms with Crippen molar-refractivity contribution in [2.24, 2.45) is 0 Å². The van der Waals surface area contributed by atoms with Gasteiger partial charge >= 0.3 is 0 Å². The maximum atomic E-state index is 11.0. The third kappa shape index (κ3) is 3.92. The summed E-state index contributed by atoms with van der Waals surface area (Å²) in [6, 6.07) is 55.7. The minimum absolute atomic E-state index is 0.494. The highest BCUT2D eigenvalue weighted by Gasteiger charge is 2.27. The lowest BCUT2D eigenvalue weighted by atomic mass is 9.97. The molecule has 6 heteroatoms. The summed E-state index contributed by atoms with van der Waals surface area (Å²) < 4.78 is 17.4. The van der Waals surface area contributed by atoms with E-state index in [0.29, 0.717) is 11.3 Å². The molecule has 4 heterocycles. The van der Waals surface area contributed by atoms with Crippen LogP contribution in [-0.4, -0.2) is 9.13 Å². The van der Waals surface area contributed by atoms with Gasteiger partial charge in [0.1, 0.15) is 28.4 Å². The Kier molecular flexibility index (Phi) is 6.10. The van der Waals surface area contributed by atoms with Crippen molar-refractivity contribution >= 4 is 93.2 Å². The van der Waals surface area contributed by atoms with Gasteiger partial charge < -0.3 is 18.0 Å². The molecule has 6 nitrogen and oxygen atoms in total. The van der Waals surface area contributed by atoms with Crippen LogP contribution in [-0.2, 0) is 0 Å². The van der Waals surface area contributed by atoms with Gasteiger partial charge in [-0.3, -0.25) is 0 Å². The van der Waals surface area contributed by atoms with Crippen LogP contribution in [0.25, 0.3) is 115 Å². The van der Waals surface area contributed by atoms with Gasteiger partial charge in [0.05, 0.1) is 56.3 Å². The molecule has 12 rings (SSSR count). The Morgan fingerprint density at radius 3 is 1.48 bits per heavy atom. The van der Waals surface area contributed by atoms with Crippen LogP contribution in [0.1, 0.15) is 5.56 Å². The van der Waals surface area contributed by atoms with Crippen LogP contribution in [0.5, 0.6) is 0 Å². The third-order valence-electron chi connectivity index (χ3n) is 11.4. The molecular weight excluding hydrogens is 689 g/mol. The van der Waals surface area contributed by atoms with Gasteiger partial charge in [-0.1, -0.05) is 103 Å². The average Bonchev–Trinajstić information content (AvgIpc) is 4.00. The van der Waals surface area contributed by atoms with Crippen LogP contribution in [0, 0.1) is 17.9 Å². The van der Waals surface area contributed by atoms with E-state index >= 15 is 0 Å². The fourth-order valence-corrected chi connectivity index (χ4v) is 9.16. The third-order valence-corrected chi connectivity index (χ3v) is 11.4. The predicted octanol–water partition coefficient (Wildman–Crippen LogP) is 13.8. The van der Waals surface area contributed by atoms with Gasteiger partial charge in [0.2, 0.25) is 5.69 Å². The van der Waals surface area contributed by atoms with E-state index in [0.717, 1.165) is 110 Å². The first kappa shape index (κ1) is 30.4. The summed E-state index contributed by atoms with van der Waals surface area (Å²) in [5, 5.41) is 19.2. The van der Waals surface area contributed by atoms with Gasteiger partial charge in [-0.15, -0.1) is 0 Å². The van der Waals surface area contributed by atoms with E-state index in [1.165, 1.54) is 0 Å². The molecule has 12 aromatic rings. The molecule has 0 aliphatic rings. The van der Waals surface area contributed by atoms with Crippen LogP contribution < -0.4 is 0 Å². The molecule has 0 fully saturated rings. The van der Waals surface area contributed by atoms with Crippen LogP contribution in [0.2, 0.25) is 0 Å². The van der Waals surface area contributed by atoms with Gasteiger partial charge in [0.25, 0.3) is 0 Å². The highest BCUT2D eigenvalue weighted by atomic mass is 16.3. The largest absolute Gasteiger partial charge is 0.456 e. The van der Waals surface area contributed by atoms with Gasteiger partial charge in [-0.05, 0) is 60.2 Å². The van der Waals surface area contributed by atoms with Crippen molar-refractivity contribution < 1.29 is 8.83 Å². The molecule has 0 aliphatic carbocycles. The van der Waals surface area contributed by atoms with Gasteiger partial charge in [0.15, 0.2) is 0 Å². The zero-order valence-electron chi connectivity index (χ0n) is 29.6. The summed E-state index contributed by atoms with van der Waals surface area (Å²) in [5.41, 5.74) is 11.2. The monoisotopic (exact) mass is 714 g/mol. The molecule has 258 valence electrons. The van der Waals surface area contributed by atoms with Crippen LogP contribution in [0.3, 0.4) is 0 Å². The highest BCUT2D eigenvalue weighted by Crippen LogP contribution is 2.48. The van der Waals surface area contributed by atoms with Crippen LogP contribution in [0.4, 0.5) is 5.69 Å². The molecule has 0 amide bonds. The molecule has 0 spiro atoms. The number of aromatic nitrogens is 2. The van der Waals surface area contributed by atoms with Crippen LogP contribution >= 0.6 is 0 Å². The van der Waals surface area contributed by atoms with E-state index in [9.17, 15) is 5.26 Å². The van der Waals surface area contributed by atoms with Crippen molar-refractivity contribution in [3.8, 4) is 28.6 Å². The molecule has 0 saturated heterocycles. The van der Waals surface area contributed by atoms with Crippen molar-refractivity contribution in [1.29, 1.82) is 5.26 Å². The van der Waals surface area contributed by atoms with Crippen molar-refractivity contribution in [2.45, 2.75) is 0 Å². The number of nitriles is 1. The SMILES string of the molecule is [C-]#[N+]c1cccc(-c2cccc(C#N)c2-n2c3ccccc3c3ccc4oc5ccccc5c4c32)c1-n1c2ccccc2c2ccc3oc4ccccc4c3c21. The zero-order chi connectivity index (χ0) is 37.1. The first-order valence-electron chi connectivity index (χ1n) is 18.4. The lowest BCUT2D eigenvalue weighted by Crippen LogP contribution is -2.04. The van der Waals surface area contributed by atoms with E-state index < -0.39 is 0 Å². The molecule has 56 heavy (non-hydrogen) atoms. The molecule has 0 radical (unpaired) electrons. The maximum Gasteiger partial charge on any atom is 0.211 e.